The number of carbonyl (C=O) groups excluding carboxylic acids is 5. The minimum Gasteiger partial charge on any atom is -0.349 e. The van der Waals surface area contributed by atoms with Crippen molar-refractivity contribution in [3.05, 3.63) is 25.3 Å². The van der Waals surface area contributed by atoms with Crippen molar-refractivity contribution in [1.29, 1.82) is 0 Å². The van der Waals surface area contributed by atoms with Crippen LogP contribution in [-0.4, -0.2) is 75.5 Å². The third-order valence-electron chi connectivity index (χ3n) is 12.3. The normalized spacial score (nSPS) is 36.2. The lowest BCUT2D eigenvalue weighted by molar-refractivity contribution is -0.144. The molecule has 12 heteroatoms. The Balaban J connectivity index is 1.16. The number of fused-ring (bicyclic) bond motifs is 3. The number of likely N-dealkylation sites (tertiary alicyclic amines) is 1. The van der Waals surface area contributed by atoms with Crippen LogP contribution in [0.5, 0.6) is 0 Å². The van der Waals surface area contributed by atoms with Crippen LogP contribution in [0.25, 0.3) is 0 Å². The van der Waals surface area contributed by atoms with Crippen molar-refractivity contribution >= 4 is 52.7 Å². The lowest BCUT2D eigenvalue weighted by Gasteiger charge is -2.49. The fourth-order valence-corrected chi connectivity index (χ4v) is 11.0. The first-order valence-electron chi connectivity index (χ1n) is 17.2. The van der Waals surface area contributed by atoms with Gasteiger partial charge in [0.1, 0.15) is 16.4 Å². The van der Waals surface area contributed by atoms with E-state index in [0.29, 0.717) is 30.1 Å². The van der Waals surface area contributed by atoms with E-state index in [1.54, 1.807) is 12.2 Å². The summed E-state index contributed by atoms with van der Waals surface area (Å²) in [6, 6.07) is -3.51. The van der Waals surface area contributed by atoms with E-state index in [0.717, 1.165) is 25.2 Å². The molecule has 6 aliphatic rings. The first kappa shape index (κ1) is 34.3. The van der Waals surface area contributed by atoms with Crippen molar-refractivity contribution in [3.8, 4) is 0 Å². The molecule has 6 rings (SSSR count). The summed E-state index contributed by atoms with van der Waals surface area (Å²) >= 11 is 13.2. The molecule has 0 aromatic carbocycles. The number of amides is 5. The maximum atomic E-state index is 14.4. The van der Waals surface area contributed by atoms with Gasteiger partial charge in [0, 0.05) is 30.5 Å². The molecule has 3 bridgehead atoms. The summed E-state index contributed by atoms with van der Waals surface area (Å²) in [6.45, 7) is 13.3. The Hall–Kier alpha value is -2.59. The van der Waals surface area contributed by atoms with Crippen molar-refractivity contribution in [2.45, 2.75) is 107 Å². The molecule has 5 aliphatic carbocycles. The Morgan fingerprint density at radius 1 is 0.979 bits per heavy atom. The Labute approximate surface area is 287 Å². The zero-order valence-electron chi connectivity index (χ0n) is 27.7. The molecule has 1 aliphatic heterocycles. The second-order valence-electron chi connectivity index (χ2n) is 16.3. The minimum absolute atomic E-state index is 0.134. The first-order chi connectivity index (χ1) is 22.1. The summed E-state index contributed by atoms with van der Waals surface area (Å²) in [6.07, 6.45) is 11.1. The molecule has 6 fully saturated rings. The standard InChI is InChI=1S/C35H49Cl2N5O5/c1-6-8-10-23(26(43)29(45)38-11-9-7-2)39-28(44)25-24-22(35(24,36)37)17-42(25)30(46)27(32(3,4)5)40-31(47)41-33-14-19-12-20-13-21(16-33)34(20,15-19)18-33/h6-7,19-25,27H,1-2,8-18H2,3-5H3,(H,38,45)(H,39,44)(H2,40,41,47)/t19?,20?,21?,22-,23?,24-,25-,27+,33?,34?/m0/s1. The number of alkyl halides is 2. The maximum absolute atomic E-state index is 14.4. The van der Waals surface area contributed by atoms with Gasteiger partial charge in [-0.1, -0.05) is 32.9 Å². The van der Waals surface area contributed by atoms with Gasteiger partial charge in [-0.05, 0) is 86.4 Å². The van der Waals surface area contributed by atoms with Crippen LogP contribution in [0.15, 0.2) is 25.3 Å². The number of halogens is 2. The fraction of sp³-hybridized carbons (Fsp3) is 0.743. The average Bonchev–Trinajstić information content (AvgIpc) is 3.25. The number of piperidine rings is 1. The molecular weight excluding hydrogens is 641 g/mol. The highest BCUT2D eigenvalue weighted by Crippen LogP contribution is 2.76. The molecule has 258 valence electrons. The van der Waals surface area contributed by atoms with E-state index >= 15 is 0 Å². The van der Waals surface area contributed by atoms with Crippen LogP contribution >= 0.6 is 23.2 Å². The number of nitrogens with one attached hydrogen (secondary N) is 4. The largest absolute Gasteiger partial charge is 0.349 e. The molecule has 0 radical (unpaired) electrons. The number of rotatable bonds is 13. The number of ketones is 1. The highest BCUT2D eigenvalue weighted by Gasteiger charge is 2.74. The SMILES string of the molecule is C=CCCNC(=O)C(=O)C(CCC=C)NC(=O)[C@@H]1[C@@H]2[C@H](CN1C(=O)[C@@H](NC(=O)NC13CC4CC5CC(C1)C5(C4)C3)C(C)(C)C)C2(Cl)Cl. The highest BCUT2D eigenvalue weighted by atomic mass is 35.5. The van der Waals surface area contributed by atoms with Crippen LogP contribution < -0.4 is 21.3 Å². The molecule has 5 saturated carbocycles. The molecule has 1 spiro atoms. The molecule has 5 amide bonds. The number of Topliss-reactive ketones (excluding diaryl/α,β-unsaturated/α-hetero) is 1. The van der Waals surface area contributed by atoms with Gasteiger partial charge in [-0.3, -0.25) is 19.2 Å². The van der Waals surface area contributed by atoms with Gasteiger partial charge in [-0.2, -0.15) is 0 Å². The van der Waals surface area contributed by atoms with Crippen molar-refractivity contribution in [2.75, 3.05) is 13.1 Å². The monoisotopic (exact) mass is 689 g/mol. The topological polar surface area (TPSA) is 137 Å². The van der Waals surface area contributed by atoms with Gasteiger partial charge in [0.05, 0.1) is 6.04 Å². The fourth-order valence-electron chi connectivity index (χ4n) is 10.2. The van der Waals surface area contributed by atoms with Gasteiger partial charge in [-0.15, -0.1) is 36.4 Å². The highest BCUT2D eigenvalue weighted by molar-refractivity contribution is 6.51. The summed E-state index contributed by atoms with van der Waals surface area (Å²) in [4.78, 5) is 69.1. The molecule has 0 aromatic heterocycles. The quantitative estimate of drug-likeness (QED) is 0.100. The maximum Gasteiger partial charge on any atom is 0.315 e. The van der Waals surface area contributed by atoms with Crippen molar-refractivity contribution in [2.24, 2.45) is 40.4 Å². The van der Waals surface area contributed by atoms with Crippen LogP contribution in [-0.2, 0) is 19.2 Å². The third-order valence-corrected chi connectivity index (χ3v) is 13.3. The van der Waals surface area contributed by atoms with Crippen molar-refractivity contribution in [1.82, 2.24) is 26.2 Å². The van der Waals surface area contributed by atoms with E-state index in [9.17, 15) is 24.0 Å². The van der Waals surface area contributed by atoms with Gasteiger partial charge in [0.25, 0.3) is 5.91 Å². The Kier molecular flexibility index (Phi) is 8.81. The molecule has 0 aromatic rings. The van der Waals surface area contributed by atoms with Crippen LogP contribution in [0.3, 0.4) is 0 Å². The van der Waals surface area contributed by atoms with E-state index < -0.39 is 57.3 Å². The predicted octanol–water partition coefficient (Wildman–Crippen LogP) is 4.01. The molecule has 4 N–H and O–H groups in total. The molecule has 10 atom stereocenters. The smallest absolute Gasteiger partial charge is 0.315 e. The summed E-state index contributed by atoms with van der Waals surface area (Å²) in [5.41, 5.74) is -0.512. The van der Waals surface area contributed by atoms with E-state index in [2.05, 4.69) is 34.4 Å². The molecule has 1 saturated heterocycles. The van der Waals surface area contributed by atoms with Gasteiger partial charge < -0.3 is 26.2 Å². The third kappa shape index (κ3) is 5.89. The summed E-state index contributed by atoms with van der Waals surface area (Å²) in [5, 5.41) is 11.6. The van der Waals surface area contributed by atoms with Crippen molar-refractivity contribution < 1.29 is 24.0 Å². The van der Waals surface area contributed by atoms with E-state index in [4.69, 9.17) is 23.2 Å². The predicted molar refractivity (Wildman–Crippen MR) is 179 cm³/mol. The van der Waals surface area contributed by atoms with E-state index in [-0.39, 0.29) is 37.0 Å². The van der Waals surface area contributed by atoms with Gasteiger partial charge in [-0.25, -0.2) is 4.79 Å². The van der Waals surface area contributed by atoms with Crippen LogP contribution in [0.1, 0.15) is 78.6 Å². The Morgan fingerprint density at radius 3 is 2.38 bits per heavy atom. The number of allylic oxidation sites excluding steroid dienone is 1. The molecule has 6 unspecified atom stereocenters. The second-order valence-corrected chi connectivity index (χ2v) is 17.7. The number of hydrogen-bond acceptors (Lipinski definition) is 5. The van der Waals surface area contributed by atoms with E-state index in [1.165, 1.54) is 24.2 Å². The number of urea groups is 1. The van der Waals surface area contributed by atoms with Gasteiger partial charge >= 0.3 is 6.03 Å². The van der Waals surface area contributed by atoms with Gasteiger partial charge in [0.15, 0.2) is 0 Å². The number of nitrogens with zero attached hydrogens (tertiary/aromatic N) is 1. The number of hydrogen-bond donors (Lipinski definition) is 4. The van der Waals surface area contributed by atoms with Gasteiger partial charge in [0.2, 0.25) is 17.6 Å². The zero-order valence-corrected chi connectivity index (χ0v) is 29.2. The molecule has 10 nitrogen and oxygen atoms in total. The second kappa shape index (κ2) is 12.1. The van der Waals surface area contributed by atoms with Crippen LogP contribution in [0, 0.1) is 40.4 Å². The molecular formula is C35H49Cl2N5O5. The average molecular weight is 691 g/mol. The lowest BCUT2D eigenvalue weighted by atomic mass is 9.56. The van der Waals surface area contributed by atoms with E-state index in [1.807, 2.05) is 20.8 Å². The summed E-state index contributed by atoms with van der Waals surface area (Å²) in [5.74, 6) is -1.39. The van der Waals surface area contributed by atoms with Crippen molar-refractivity contribution in [3.63, 3.8) is 0 Å². The van der Waals surface area contributed by atoms with Crippen LogP contribution in [0.2, 0.25) is 0 Å². The summed E-state index contributed by atoms with van der Waals surface area (Å²) in [7, 11) is 0. The number of carbonyl (C=O) groups is 5. The first-order valence-corrected chi connectivity index (χ1v) is 17.9. The minimum atomic E-state index is -1.21. The Bertz CT molecular complexity index is 1380. The lowest BCUT2D eigenvalue weighted by Crippen LogP contribution is -2.63. The summed E-state index contributed by atoms with van der Waals surface area (Å²) < 4.78 is -1.21. The zero-order chi connectivity index (χ0) is 34.1. The Morgan fingerprint density at radius 2 is 1.70 bits per heavy atom. The molecule has 1 heterocycles. The molecule has 47 heavy (non-hydrogen) atoms. The van der Waals surface area contributed by atoms with Crippen LogP contribution in [0.4, 0.5) is 4.79 Å².